The van der Waals surface area contributed by atoms with Crippen molar-refractivity contribution < 1.29 is 0 Å². The third-order valence-corrected chi connectivity index (χ3v) is 10.9. The van der Waals surface area contributed by atoms with Crippen molar-refractivity contribution in [2.24, 2.45) is 0 Å². The summed E-state index contributed by atoms with van der Waals surface area (Å²) in [5.41, 5.74) is 19.6. The zero-order chi connectivity index (χ0) is 36.8. The summed E-state index contributed by atoms with van der Waals surface area (Å²) in [6.07, 6.45) is 0. The molecule has 0 N–H and O–H groups in total. The molecule has 0 aliphatic carbocycles. The molecule has 0 bridgehead atoms. The van der Waals surface area contributed by atoms with E-state index in [9.17, 15) is 0 Å². The van der Waals surface area contributed by atoms with Crippen LogP contribution < -0.4 is 4.90 Å². The number of nitrogens with zero attached hydrogens (tertiary/aromatic N) is 2. The fourth-order valence-electron chi connectivity index (χ4n) is 8.31. The molecule has 9 rings (SSSR count). The minimum Gasteiger partial charge on any atom is -0.310 e. The molecular formula is C52H42N2. The van der Waals surface area contributed by atoms with Gasteiger partial charge in [-0.15, -0.1) is 0 Å². The molecule has 1 heterocycles. The van der Waals surface area contributed by atoms with Gasteiger partial charge in [0.2, 0.25) is 0 Å². The SMILES string of the molecule is Cc1cc(N(c2ccccc2)c2ccc(-c3ccccc3)cc2)c(C)cc1-c1c(C)cc(-c2ccc(-n3c4ccccc4c4ccccc43)cc2)cc1C. The first-order valence-corrected chi connectivity index (χ1v) is 18.8. The summed E-state index contributed by atoms with van der Waals surface area (Å²) in [5, 5.41) is 2.56. The number of para-hydroxylation sites is 3. The second-order valence-electron chi connectivity index (χ2n) is 14.4. The first kappa shape index (κ1) is 33.2. The molecule has 0 amide bonds. The van der Waals surface area contributed by atoms with Crippen LogP contribution in [0.5, 0.6) is 0 Å². The van der Waals surface area contributed by atoms with Gasteiger partial charge < -0.3 is 9.47 Å². The highest BCUT2D eigenvalue weighted by Gasteiger charge is 2.19. The van der Waals surface area contributed by atoms with Crippen LogP contribution in [0, 0.1) is 27.7 Å². The lowest BCUT2D eigenvalue weighted by Gasteiger charge is -2.28. The molecule has 1 aromatic heterocycles. The molecule has 260 valence electrons. The van der Waals surface area contributed by atoms with Gasteiger partial charge in [-0.2, -0.15) is 0 Å². The minimum atomic E-state index is 1.14. The van der Waals surface area contributed by atoms with Crippen LogP contribution in [0.1, 0.15) is 22.3 Å². The number of fused-ring (bicyclic) bond motifs is 3. The molecule has 0 aliphatic heterocycles. The van der Waals surface area contributed by atoms with E-state index >= 15 is 0 Å². The highest BCUT2D eigenvalue weighted by Crippen LogP contribution is 2.42. The Morgan fingerprint density at radius 3 is 1.46 bits per heavy atom. The highest BCUT2D eigenvalue weighted by atomic mass is 15.1. The predicted molar refractivity (Wildman–Crippen MR) is 231 cm³/mol. The van der Waals surface area contributed by atoms with Crippen molar-refractivity contribution in [2.45, 2.75) is 27.7 Å². The Morgan fingerprint density at radius 2 is 0.852 bits per heavy atom. The van der Waals surface area contributed by atoms with Crippen LogP contribution in [0.25, 0.3) is 60.9 Å². The van der Waals surface area contributed by atoms with Crippen molar-refractivity contribution in [1.82, 2.24) is 4.57 Å². The lowest BCUT2D eigenvalue weighted by Crippen LogP contribution is -2.12. The van der Waals surface area contributed by atoms with Crippen LogP contribution in [0.15, 0.2) is 182 Å². The summed E-state index contributed by atoms with van der Waals surface area (Å²) in [4.78, 5) is 2.38. The lowest BCUT2D eigenvalue weighted by atomic mass is 9.88. The smallest absolute Gasteiger partial charge is 0.0541 e. The van der Waals surface area contributed by atoms with E-state index in [-0.39, 0.29) is 0 Å². The molecular weight excluding hydrogens is 653 g/mol. The Kier molecular flexibility index (Phi) is 8.44. The maximum Gasteiger partial charge on any atom is 0.0541 e. The summed E-state index contributed by atoms with van der Waals surface area (Å²) < 4.78 is 2.38. The standard InChI is InChI=1S/C52H42N2/c1-35-34-51(53(43-17-9-6-10-18-43)44-27-23-40(24-28-44)39-15-7-5-8-16-39)36(2)33-48(35)52-37(3)31-42(32-38(52)4)41-25-29-45(30-26-41)54-49-21-13-11-19-46(49)47-20-12-14-22-50(47)54/h5-34H,1-4H3. The molecule has 54 heavy (non-hydrogen) atoms. The molecule has 0 fully saturated rings. The van der Waals surface area contributed by atoms with Crippen LogP contribution in [0.2, 0.25) is 0 Å². The topological polar surface area (TPSA) is 8.17 Å². The van der Waals surface area contributed by atoms with Crippen LogP contribution >= 0.6 is 0 Å². The maximum atomic E-state index is 2.38. The molecule has 0 radical (unpaired) electrons. The van der Waals surface area contributed by atoms with Gasteiger partial charge in [0.05, 0.1) is 11.0 Å². The molecule has 0 spiro atoms. The number of hydrogen-bond acceptors (Lipinski definition) is 1. The van der Waals surface area contributed by atoms with Crippen LogP contribution in [0.3, 0.4) is 0 Å². The van der Waals surface area contributed by atoms with Gasteiger partial charge in [0.25, 0.3) is 0 Å². The van der Waals surface area contributed by atoms with E-state index in [0.29, 0.717) is 0 Å². The van der Waals surface area contributed by atoms with Gasteiger partial charge >= 0.3 is 0 Å². The van der Waals surface area contributed by atoms with Crippen molar-refractivity contribution in [1.29, 1.82) is 0 Å². The second kappa shape index (κ2) is 13.7. The maximum absolute atomic E-state index is 2.38. The van der Waals surface area contributed by atoms with Crippen molar-refractivity contribution in [3.63, 3.8) is 0 Å². The molecule has 0 aliphatic rings. The molecule has 2 heteroatoms. The van der Waals surface area contributed by atoms with Gasteiger partial charge in [-0.05, 0) is 144 Å². The Labute approximate surface area is 318 Å². The Bertz CT molecular complexity index is 2700. The van der Waals surface area contributed by atoms with Gasteiger partial charge in [0.1, 0.15) is 0 Å². The summed E-state index contributed by atoms with van der Waals surface area (Å²) in [7, 11) is 0. The third kappa shape index (κ3) is 5.87. The normalized spacial score (nSPS) is 11.3. The first-order chi connectivity index (χ1) is 26.4. The fourth-order valence-corrected chi connectivity index (χ4v) is 8.31. The number of benzene rings is 8. The van der Waals surface area contributed by atoms with Crippen LogP contribution in [-0.4, -0.2) is 4.57 Å². The Hall–Kier alpha value is -6.64. The first-order valence-electron chi connectivity index (χ1n) is 18.8. The molecule has 0 atom stereocenters. The Balaban J connectivity index is 1.06. The second-order valence-corrected chi connectivity index (χ2v) is 14.4. The van der Waals surface area contributed by atoms with Gasteiger partial charge in [-0.1, -0.05) is 121 Å². The zero-order valence-electron chi connectivity index (χ0n) is 31.2. The van der Waals surface area contributed by atoms with Crippen LogP contribution in [-0.2, 0) is 0 Å². The number of hydrogen-bond donors (Lipinski definition) is 0. The summed E-state index contributed by atoms with van der Waals surface area (Å²) in [6, 6.07) is 66.1. The number of rotatable bonds is 7. The number of aromatic nitrogens is 1. The van der Waals surface area contributed by atoms with E-state index in [1.165, 1.54) is 88.8 Å². The monoisotopic (exact) mass is 694 g/mol. The van der Waals surface area contributed by atoms with Gasteiger partial charge in [-0.3, -0.25) is 0 Å². The van der Waals surface area contributed by atoms with E-state index in [2.05, 4.69) is 219 Å². The molecule has 0 saturated carbocycles. The Morgan fingerprint density at radius 1 is 0.370 bits per heavy atom. The minimum absolute atomic E-state index is 1.14. The van der Waals surface area contributed by atoms with Gasteiger partial charge in [0, 0.05) is 33.5 Å². The summed E-state index contributed by atoms with van der Waals surface area (Å²) >= 11 is 0. The van der Waals surface area contributed by atoms with Crippen molar-refractivity contribution >= 4 is 38.9 Å². The fraction of sp³-hybridized carbons (Fsp3) is 0.0769. The quantitative estimate of drug-likeness (QED) is 0.161. The lowest BCUT2D eigenvalue weighted by molar-refractivity contribution is 1.18. The predicted octanol–water partition coefficient (Wildman–Crippen LogP) is 14.5. The van der Waals surface area contributed by atoms with Crippen molar-refractivity contribution in [3.05, 3.63) is 204 Å². The average Bonchev–Trinajstić information content (AvgIpc) is 3.55. The average molecular weight is 695 g/mol. The van der Waals surface area contributed by atoms with E-state index in [1.807, 2.05) is 0 Å². The molecule has 0 unspecified atom stereocenters. The summed E-state index contributed by atoms with van der Waals surface area (Å²) in [5.74, 6) is 0. The highest BCUT2D eigenvalue weighted by molar-refractivity contribution is 6.09. The van der Waals surface area contributed by atoms with E-state index in [1.54, 1.807) is 0 Å². The molecule has 0 saturated heterocycles. The number of anilines is 3. The molecule has 9 aromatic rings. The van der Waals surface area contributed by atoms with E-state index in [0.717, 1.165) is 11.4 Å². The largest absolute Gasteiger partial charge is 0.310 e. The van der Waals surface area contributed by atoms with E-state index < -0.39 is 0 Å². The van der Waals surface area contributed by atoms with Crippen molar-refractivity contribution in [2.75, 3.05) is 4.90 Å². The zero-order valence-corrected chi connectivity index (χ0v) is 31.2. The van der Waals surface area contributed by atoms with Crippen LogP contribution in [0.4, 0.5) is 17.1 Å². The summed E-state index contributed by atoms with van der Waals surface area (Å²) in [6.45, 7) is 9.00. The van der Waals surface area contributed by atoms with E-state index in [4.69, 9.17) is 0 Å². The molecule has 2 nitrogen and oxygen atoms in total. The van der Waals surface area contributed by atoms with Gasteiger partial charge in [-0.25, -0.2) is 0 Å². The third-order valence-electron chi connectivity index (χ3n) is 10.9. The van der Waals surface area contributed by atoms with Crippen molar-refractivity contribution in [3.8, 4) is 39.1 Å². The number of aryl methyl sites for hydroxylation is 4. The van der Waals surface area contributed by atoms with Gasteiger partial charge in [0.15, 0.2) is 0 Å². The molecule has 8 aromatic carbocycles.